The Bertz CT molecular complexity index is 937. The summed E-state index contributed by atoms with van der Waals surface area (Å²) < 4.78 is 34.9. The molecule has 0 aliphatic carbocycles. The number of methoxy groups -OCH3 is 1. The highest BCUT2D eigenvalue weighted by atomic mass is 32.2. The number of rotatable bonds is 8. The first-order chi connectivity index (χ1) is 13.2. The molecule has 0 bridgehead atoms. The highest BCUT2D eigenvalue weighted by molar-refractivity contribution is 7.87. The lowest BCUT2D eigenvalue weighted by atomic mass is 9.95. The van der Waals surface area contributed by atoms with E-state index in [0.29, 0.717) is 5.56 Å². The van der Waals surface area contributed by atoms with Crippen LogP contribution >= 0.6 is 0 Å². The highest BCUT2D eigenvalue weighted by Gasteiger charge is 2.20. The quantitative estimate of drug-likeness (QED) is 0.535. The standard InChI is InChI=1S/C20H23NO6S/c1-14-7-9-19(10-8-14)28(24,25)27-18-6-4-5-16(11-18)17(12-20(23)26-3)13-21-15(2)22/h4-11,17H,12-13H2,1-3H3,(H,21,22). The third-order valence-electron chi connectivity index (χ3n) is 4.08. The van der Waals surface area contributed by atoms with Gasteiger partial charge >= 0.3 is 16.1 Å². The van der Waals surface area contributed by atoms with Crippen LogP contribution in [0.2, 0.25) is 0 Å². The summed E-state index contributed by atoms with van der Waals surface area (Å²) in [6.07, 6.45) is 0.0327. The van der Waals surface area contributed by atoms with Gasteiger partial charge in [-0.1, -0.05) is 29.8 Å². The highest BCUT2D eigenvalue weighted by Crippen LogP contribution is 2.26. The van der Waals surface area contributed by atoms with E-state index in [1.54, 1.807) is 30.3 Å². The van der Waals surface area contributed by atoms with E-state index < -0.39 is 16.1 Å². The molecule has 0 aromatic heterocycles. The van der Waals surface area contributed by atoms with E-state index in [0.717, 1.165) is 5.56 Å². The third-order valence-corrected chi connectivity index (χ3v) is 5.34. The summed E-state index contributed by atoms with van der Waals surface area (Å²) in [7, 11) is -2.70. The molecular weight excluding hydrogens is 382 g/mol. The molecule has 0 fully saturated rings. The smallest absolute Gasteiger partial charge is 0.339 e. The molecule has 0 saturated heterocycles. The van der Waals surface area contributed by atoms with E-state index in [4.69, 9.17) is 8.92 Å². The molecule has 2 aromatic rings. The van der Waals surface area contributed by atoms with Crippen LogP contribution in [0.15, 0.2) is 53.4 Å². The summed E-state index contributed by atoms with van der Waals surface area (Å²) >= 11 is 0. The fraction of sp³-hybridized carbons (Fsp3) is 0.300. The number of nitrogens with one attached hydrogen (secondary N) is 1. The number of hydrogen-bond acceptors (Lipinski definition) is 6. The zero-order valence-corrected chi connectivity index (χ0v) is 16.8. The molecule has 28 heavy (non-hydrogen) atoms. The van der Waals surface area contributed by atoms with Crippen LogP contribution in [-0.4, -0.2) is 33.9 Å². The second-order valence-corrected chi connectivity index (χ2v) is 7.88. The Labute approximate surface area is 164 Å². The van der Waals surface area contributed by atoms with Gasteiger partial charge in [-0.25, -0.2) is 0 Å². The van der Waals surface area contributed by atoms with Gasteiger partial charge in [0, 0.05) is 19.4 Å². The SMILES string of the molecule is COC(=O)CC(CNC(C)=O)c1cccc(OS(=O)(=O)c2ccc(C)cc2)c1. The minimum absolute atomic E-state index is 0.0327. The summed E-state index contributed by atoms with van der Waals surface area (Å²) in [5.41, 5.74) is 1.58. The average molecular weight is 405 g/mol. The molecular formula is C20H23NO6S. The molecule has 8 heteroatoms. The molecule has 0 radical (unpaired) electrons. The largest absolute Gasteiger partial charge is 0.469 e. The van der Waals surface area contributed by atoms with E-state index in [1.807, 2.05) is 6.92 Å². The zero-order valence-electron chi connectivity index (χ0n) is 16.0. The fourth-order valence-electron chi connectivity index (χ4n) is 2.56. The van der Waals surface area contributed by atoms with Crippen molar-refractivity contribution < 1.29 is 26.9 Å². The number of carbonyl (C=O) groups excluding carboxylic acids is 2. The lowest BCUT2D eigenvalue weighted by Gasteiger charge is -2.17. The first-order valence-electron chi connectivity index (χ1n) is 8.63. The van der Waals surface area contributed by atoms with Crippen molar-refractivity contribution in [2.75, 3.05) is 13.7 Å². The second kappa shape index (κ2) is 9.36. The Balaban J connectivity index is 2.25. The maximum Gasteiger partial charge on any atom is 0.339 e. The van der Waals surface area contributed by atoms with Crippen LogP contribution in [0.4, 0.5) is 0 Å². The van der Waals surface area contributed by atoms with Gasteiger partial charge in [-0.3, -0.25) is 9.59 Å². The number of esters is 1. The Kier molecular flexibility index (Phi) is 7.17. The first kappa shape index (κ1) is 21.4. The predicted molar refractivity (Wildman–Crippen MR) is 103 cm³/mol. The molecule has 1 N–H and O–H groups in total. The molecule has 0 saturated carbocycles. The van der Waals surface area contributed by atoms with E-state index >= 15 is 0 Å². The first-order valence-corrected chi connectivity index (χ1v) is 10.0. The fourth-order valence-corrected chi connectivity index (χ4v) is 3.48. The van der Waals surface area contributed by atoms with Gasteiger partial charge in [0.05, 0.1) is 13.5 Å². The van der Waals surface area contributed by atoms with Gasteiger partial charge in [-0.2, -0.15) is 8.42 Å². The molecule has 0 heterocycles. The molecule has 2 rings (SSSR count). The van der Waals surface area contributed by atoms with E-state index in [9.17, 15) is 18.0 Å². The van der Waals surface area contributed by atoms with Crippen molar-refractivity contribution in [2.45, 2.75) is 31.1 Å². The predicted octanol–water partition coefficient (Wildman–Crippen LogP) is 2.55. The Hall–Kier alpha value is -2.87. The van der Waals surface area contributed by atoms with Crippen LogP contribution < -0.4 is 9.50 Å². The van der Waals surface area contributed by atoms with Gasteiger partial charge in [-0.05, 0) is 36.8 Å². The third kappa shape index (κ3) is 6.09. The summed E-state index contributed by atoms with van der Waals surface area (Å²) in [6, 6.07) is 12.8. The average Bonchev–Trinajstić information content (AvgIpc) is 2.65. The normalized spacial score (nSPS) is 12.1. The minimum Gasteiger partial charge on any atom is -0.469 e. The molecule has 0 spiro atoms. The van der Waals surface area contributed by atoms with Crippen molar-refractivity contribution in [1.29, 1.82) is 0 Å². The van der Waals surface area contributed by atoms with Crippen molar-refractivity contribution in [3.63, 3.8) is 0 Å². The Morgan fingerprint density at radius 1 is 1.11 bits per heavy atom. The maximum atomic E-state index is 12.5. The lowest BCUT2D eigenvalue weighted by molar-refractivity contribution is -0.141. The number of carbonyl (C=O) groups is 2. The van der Waals surface area contributed by atoms with Crippen molar-refractivity contribution in [3.8, 4) is 5.75 Å². The molecule has 150 valence electrons. The minimum atomic E-state index is -3.99. The van der Waals surface area contributed by atoms with Crippen LogP contribution in [0, 0.1) is 6.92 Å². The Morgan fingerprint density at radius 2 is 1.79 bits per heavy atom. The summed E-state index contributed by atoms with van der Waals surface area (Å²) in [4.78, 5) is 23.0. The summed E-state index contributed by atoms with van der Waals surface area (Å²) in [6.45, 7) is 3.44. The van der Waals surface area contributed by atoms with Gasteiger partial charge in [0.15, 0.2) is 0 Å². The van der Waals surface area contributed by atoms with Crippen LogP contribution in [0.1, 0.15) is 30.4 Å². The molecule has 1 unspecified atom stereocenters. The van der Waals surface area contributed by atoms with Crippen LogP contribution in [0.25, 0.3) is 0 Å². The van der Waals surface area contributed by atoms with Crippen LogP contribution in [0.5, 0.6) is 5.75 Å². The number of amides is 1. The molecule has 1 atom stereocenters. The molecule has 2 aromatic carbocycles. The molecule has 0 aliphatic heterocycles. The number of hydrogen-bond donors (Lipinski definition) is 1. The van der Waals surface area contributed by atoms with Gasteiger partial charge < -0.3 is 14.2 Å². The monoisotopic (exact) mass is 405 g/mol. The number of aryl methyl sites for hydroxylation is 1. The van der Waals surface area contributed by atoms with Gasteiger partial charge in [0.2, 0.25) is 5.91 Å². The summed E-state index contributed by atoms with van der Waals surface area (Å²) in [5.74, 6) is -0.934. The number of ether oxygens (including phenoxy) is 1. The number of benzene rings is 2. The topological polar surface area (TPSA) is 98.8 Å². The molecule has 0 aliphatic rings. The van der Waals surface area contributed by atoms with Crippen molar-refractivity contribution in [3.05, 3.63) is 59.7 Å². The van der Waals surface area contributed by atoms with E-state index in [-0.39, 0.29) is 35.4 Å². The Morgan fingerprint density at radius 3 is 2.39 bits per heavy atom. The van der Waals surface area contributed by atoms with Crippen LogP contribution in [0.3, 0.4) is 0 Å². The van der Waals surface area contributed by atoms with Gasteiger partial charge in [-0.15, -0.1) is 0 Å². The summed E-state index contributed by atoms with van der Waals surface area (Å²) in [5, 5.41) is 2.67. The van der Waals surface area contributed by atoms with Crippen LogP contribution in [-0.2, 0) is 24.4 Å². The molecule has 7 nitrogen and oxygen atoms in total. The van der Waals surface area contributed by atoms with Gasteiger partial charge in [0.25, 0.3) is 0 Å². The van der Waals surface area contributed by atoms with Crippen molar-refractivity contribution in [1.82, 2.24) is 5.32 Å². The zero-order chi connectivity index (χ0) is 20.7. The van der Waals surface area contributed by atoms with Gasteiger partial charge in [0.1, 0.15) is 10.6 Å². The van der Waals surface area contributed by atoms with E-state index in [1.165, 1.54) is 32.2 Å². The maximum absolute atomic E-state index is 12.5. The van der Waals surface area contributed by atoms with Crippen molar-refractivity contribution in [2.24, 2.45) is 0 Å². The second-order valence-electron chi connectivity index (χ2n) is 6.34. The van der Waals surface area contributed by atoms with E-state index in [2.05, 4.69) is 5.32 Å². The van der Waals surface area contributed by atoms with Crippen molar-refractivity contribution >= 4 is 22.0 Å². The lowest BCUT2D eigenvalue weighted by Crippen LogP contribution is -2.27. The molecule has 1 amide bonds.